The largest absolute Gasteiger partial charge is 0.365 e. The molecule has 0 aliphatic rings. The molecule has 0 aliphatic carbocycles. The summed E-state index contributed by atoms with van der Waals surface area (Å²) >= 11 is 3.49. The van der Waals surface area contributed by atoms with Gasteiger partial charge in [-0.05, 0) is 51.5 Å². The first-order valence-corrected chi connectivity index (χ1v) is 8.16. The zero-order valence-electron chi connectivity index (χ0n) is 13.3. The van der Waals surface area contributed by atoms with Gasteiger partial charge < -0.3 is 5.32 Å². The fraction of sp³-hybridized carbons (Fsp3) is 0.278. The number of fused-ring (bicyclic) bond motifs is 1. The highest BCUT2D eigenvalue weighted by Gasteiger charge is 2.19. The molecule has 0 fully saturated rings. The molecule has 1 N–H and O–H groups in total. The van der Waals surface area contributed by atoms with E-state index in [1.54, 1.807) is 0 Å². The van der Waals surface area contributed by atoms with Crippen LogP contribution in [-0.4, -0.2) is 14.9 Å². The summed E-state index contributed by atoms with van der Waals surface area (Å²) in [7, 11) is 0. The molecule has 2 heterocycles. The van der Waals surface area contributed by atoms with Crippen molar-refractivity contribution in [3.05, 3.63) is 52.6 Å². The van der Waals surface area contributed by atoms with E-state index in [1.165, 1.54) is 5.56 Å². The Bertz CT molecular complexity index is 811. The summed E-state index contributed by atoms with van der Waals surface area (Å²) in [6, 6.07) is 12.4. The van der Waals surface area contributed by atoms with Crippen LogP contribution in [0.5, 0.6) is 0 Å². The number of anilines is 1. The molecule has 0 amide bonds. The van der Waals surface area contributed by atoms with Crippen LogP contribution in [0.25, 0.3) is 16.9 Å². The number of imidazole rings is 1. The zero-order valence-corrected chi connectivity index (χ0v) is 14.9. The third-order valence-electron chi connectivity index (χ3n) is 3.38. The molecule has 0 radical (unpaired) electrons. The second-order valence-corrected chi connectivity index (χ2v) is 7.54. The van der Waals surface area contributed by atoms with Crippen LogP contribution in [-0.2, 0) is 0 Å². The fourth-order valence-corrected chi connectivity index (χ4v) is 2.70. The third-order valence-corrected chi connectivity index (χ3v) is 3.91. The van der Waals surface area contributed by atoms with Crippen LogP contribution in [0.1, 0.15) is 26.3 Å². The molecule has 2 aromatic heterocycles. The fourth-order valence-electron chi connectivity index (χ4n) is 2.43. The Hall–Kier alpha value is -1.81. The van der Waals surface area contributed by atoms with Gasteiger partial charge in [0.1, 0.15) is 17.2 Å². The maximum atomic E-state index is 4.82. The number of hydrogen-bond donors (Lipinski definition) is 1. The monoisotopic (exact) mass is 357 g/mol. The minimum Gasteiger partial charge on any atom is -0.365 e. The van der Waals surface area contributed by atoms with E-state index in [-0.39, 0.29) is 5.54 Å². The molecule has 0 saturated carbocycles. The lowest BCUT2D eigenvalue weighted by atomic mass is 10.1. The van der Waals surface area contributed by atoms with E-state index in [4.69, 9.17) is 4.98 Å². The highest BCUT2D eigenvalue weighted by molar-refractivity contribution is 9.10. The summed E-state index contributed by atoms with van der Waals surface area (Å²) < 4.78 is 3.21. The predicted molar refractivity (Wildman–Crippen MR) is 96.4 cm³/mol. The van der Waals surface area contributed by atoms with Crippen molar-refractivity contribution >= 4 is 27.4 Å². The number of hydrogen-bond acceptors (Lipinski definition) is 2. The molecule has 0 atom stereocenters. The van der Waals surface area contributed by atoms with Gasteiger partial charge in [0, 0.05) is 21.8 Å². The average molecular weight is 358 g/mol. The molecule has 0 saturated heterocycles. The molecule has 0 bridgehead atoms. The van der Waals surface area contributed by atoms with Gasteiger partial charge in [0.05, 0.1) is 0 Å². The van der Waals surface area contributed by atoms with E-state index in [9.17, 15) is 0 Å². The van der Waals surface area contributed by atoms with Gasteiger partial charge >= 0.3 is 0 Å². The Balaban J connectivity index is 2.23. The van der Waals surface area contributed by atoms with Gasteiger partial charge in [-0.3, -0.25) is 4.40 Å². The summed E-state index contributed by atoms with van der Waals surface area (Å²) in [6.07, 6.45) is 2.12. The number of benzene rings is 1. The van der Waals surface area contributed by atoms with Gasteiger partial charge in [0.2, 0.25) is 0 Å². The first-order valence-electron chi connectivity index (χ1n) is 7.36. The summed E-state index contributed by atoms with van der Waals surface area (Å²) in [5.74, 6) is 1.04. The van der Waals surface area contributed by atoms with Crippen LogP contribution >= 0.6 is 15.9 Å². The molecule has 0 unspecified atom stereocenters. The van der Waals surface area contributed by atoms with Gasteiger partial charge in [0.25, 0.3) is 0 Å². The minimum absolute atomic E-state index is 0.0379. The topological polar surface area (TPSA) is 29.3 Å². The number of aromatic nitrogens is 2. The van der Waals surface area contributed by atoms with Gasteiger partial charge in [0.15, 0.2) is 0 Å². The smallest absolute Gasteiger partial charge is 0.139 e. The number of halogens is 1. The zero-order chi connectivity index (χ0) is 15.9. The van der Waals surface area contributed by atoms with Crippen molar-refractivity contribution in [1.82, 2.24) is 9.38 Å². The summed E-state index contributed by atoms with van der Waals surface area (Å²) in [6.45, 7) is 8.58. The Kier molecular flexibility index (Phi) is 3.73. The first-order chi connectivity index (χ1) is 10.3. The van der Waals surface area contributed by atoms with Gasteiger partial charge in [-0.2, -0.15) is 0 Å². The first kappa shape index (κ1) is 15.1. The van der Waals surface area contributed by atoms with Gasteiger partial charge in [-0.15, -0.1) is 0 Å². The number of nitrogens with zero attached hydrogens (tertiary/aromatic N) is 2. The van der Waals surface area contributed by atoms with E-state index in [2.05, 4.69) is 83.8 Å². The molecular formula is C18H20BrN3. The molecule has 3 nitrogen and oxygen atoms in total. The molecule has 114 valence electrons. The second-order valence-electron chi connectivity index (χ2n) is 6.63. The summed E-state index contributed by atoms with van der Waals surface area (Å²) in [4.78, 5) is 4.82. The highest BCUT2D eigenvalue weighted by atomic mass is 79.9. The molecular weight excluding hydrogens is 338 g/mol. The van der Waals surface area contributed by atoms with Crippen LogP contribution in [0, 0.1) is 6.92 Å². The van der Waals surface area contributed by atoms with E-state index < -0.39 is 0 Å². The van der Waals surface area contributed by atoms with Crippen LogP contribution in [0.4, 0.5) is 5.82 Å². The van der Waals surface area contributed by atoms with E-state index in [0.717, 1.165) is 27.2 Å². The lowest BCUT2D eigenvalue weighted by Gasteiger charge is -2.22. The molecule has 22 heavy (non-hydrogen) atoms. The lowest BCUT2D eigenvalue weighted by molar-refractivity contribution is 0.629. The predicted octanol–water partition coefficient (Wildman–Crippen LogP) is 5.28. The van der Waals surface area contributed by atoms with Crippen molar-refractivity contribution in [3.8, 4) is 11.3 Å². The average Bonchev–Trinajstić information content (AvgIpc) is 2.76. The number of nitrogens with one attached hydrogen (secondary N) is 1. The maximum Gasteiger partial charge on any atom is 0.139 e. The normalized spacial score (nSPS) is 11.9. The Morgan fingerprint density at radius 3 is 2.36 bits per heavy atom. The molecule has 3 aromatic rings. The molecule has 4 heteroatoms. The third kappa shape index (κ3) is 3.02. The van der Waals surface area contributed by atoms with E-state index >= 15 is 0 Å². The summed E-state index contributed by atoms with van der Waals surface area (Å²) in [5, 5.41) is 3.60. The standard InChI is InChI=1S/C18H20BrN3/c1-12-5-10-15-20-16(13-6-8-14(19)9-7-13)17(22(15)11-12)21-18(2,3)4/h5-11,21H,1-4H3. The number of rotatable bonds is 2. The molecule has 0 aliphatic heterocycles. The highest BCUT2D eigenvalue weighted by Crippen LogP contribution is 2.31. The summed E-state index contributed by atoms with van der Waals surface area (Å²) in [5.41, 5.74) is 4.22. The Morgan fingerprint density at radius 2 is 1.73 bits per heavy atom. The van der Waals surface area contributed by atoms with E-state index in [1.807, 2.05) is 12.1 Å². The van der Waals surface area contributed by atoms with Crippen molar-refractivity contribution in [3.63, 3.8) is 0 Å². The lowest BCUT2D eigenvalue weighted by Crippen LogP contribution is -2.27. The van der Waals surface area contributed by atoms with Crippen molar-refractivity contribution in [2.24, 2.45) is 0 Å². The minimum atomic E-state index is -0.0379. The Labute approximate surface area is 139 Å². The second kappa shape index (κ2) is 5.43. The van der Waals surface area contributed by atoms with Crippen LogP contribution < -0.4 is 5.32 Å². The molecule has 1 aromatic carbocycles. The molecule has 0 spiro atoms. The number of pyridine rings is 1. The van der Waals surface area contributed by atoms with Crippen molar-refractivity contribution in [1.29, 1.82) is 0 Å². The quantitative estimate of drug-likeness (QED) is 0.675. The van der Waals surface area contributed by atoms with Gasteiger partial charge in [-0.25, -0.2) is 4.98 Å². The van der Waals surface area contributed by atoms with Crippen LogP contribution in [0.3, 0.4) is 0 Å². The van der Waals surface area contributed by atoms with Crippen molar-refractivity contribution < 1.29 is 0 Å². The van der Waals surface area contributed by atoms with E-state index in [0.29, 0.717) is 0 Å². The van der Waals surface area contributed by atoms with Gasteiger partial charge in [-0.1, -0.05) is 34.1 Å². The van der Waals surface area contributed by atoms with Crippen molar-refractivity contribution in [2.45, 2.75) is 33.2 Å². The Morgan fingerprint density at radius 1 is 1.05 bits per heavy atom. The van der Waals surface area contributed by atoms with Crippen LogP contribution in [0.2, 0.25) is 0 Å². The molecule has 3 rings (SSSR count). The van der Waals surface area contributed by atoms with Crippen molar-refractivity contribution in [2.75, 3.05) is 5.32 Å². The number of aryl methyl sites for hydroxylation is 1. The SMILES string of the molecule is Cc1ccc2nc(-c3ccc(Br)cc3)c(NC(C)(C)C)n2c1. The van der Waals surface area contributed by atoms with Crippen LogP contribution in [0.15, 0.2) is 47.1 Å². The maximum absolute atomic E-state index is 4.82.